The number of fused-ring (bicyclic) bond motifs is 1. The van der Waals surface area contributed by atoms with E-state index in [4.69, 9.17) is 16.7 Å². The predicted molar refractivity (Wildman–Crippen MR) is 88.8 cm³/mol. The quantitative estimate of drug-likeness (QED) is 0.614. The second-order valence-corrected chi connectivity index (χ2v) is 5.63. The van der Waals surface area contributed by atoms with Gasteiger partial charge in [0.25, 0.3) is 0 Å². The fraction of sp³-hybridized carbons (Fsp3) is 0.0588. The van der Waals surface area contributed by atoms with Crippen molar-refractivity contribution in [2.24, 2.45) is 0 Å². The Labute approximate surface area is 144 Å². The number of nitrogens with zero attached hydrogens (tertiary/aromatic N) is 1. The Morgan fingerprint density at radius 1 is 1.12 bits per heavy atom. The van der Waals surface area contributed by atoms with E-state index in [1.165, 1.54) is 36.5 Å². The Bertz CT molecular complexity index is 974. The van der Waals surface area contributed by atoms with E-state index < -0.39 is 17.8 Å². The van der Waals surface area contributed by atoms with Gasteiger partial charge in [-0.25, -0.2) is 9.78 Å². The maximum absolute atomic E-state index is 13.3. The van der Waals surface area contributed by atoms with Gasteiger partial charge >= 0.3 is 12.3 Å². The van der Waals surface area contributed by atoms with Crippen LogP contribution in [0.2, 0.25) is 5.02 Å². The van der Waals surface area contributed by atoms with Crippen LogP contribution in [-0.2, 0) is 6.18 Å². The zero-order valence-electron chi connectivity index (χ0n) is 12.4. The summed E-state index contributed by atoms with van der Waals surface area (Å²) in [6, 6.07) is 9.74. The summed E-state index contributed by atoms with van der Waals surface area (Å²) in [5, 5.41) is 12.0. The maximum atomic E-state index is 13.3. The molecule has 0 aliphatic rings. The van der Waals surface area contributed by atoms with Gasteiger partial charge in [0.05, 0.1) is 5.56 Å². The fourth-order valence-electron chi connectivity index (χ4n) is 2.53. The van der Waals surface area contributed by atoms with E-state index in [2.05, 4.69) is 10.3 Å². The molecule has 25 heavy (non-hydrogen) atoms. The fourth-order valence-corrected chi connectivity index (χ4v) is 2.81. The average Bonchev–Trinajstić information content (AvgIpc) is 2.53. The summed E-state index contributed by atoms with van der Waals surface area (Å²) in [6.07, 6.45) is -4.41. The number of alkyl halides is 3. The van der Waals surface area contributed by atoms with Crippen LogP contribution in [0.3, 0.4) is 0 Å². The van der Waals surface area contributed by atoms with Gasteiger partial charge in [-0.1, -0.05) is 29.8 Å². The van der Waals surface area contributed by atoms with E-state index in [-0.39, 0.29) is 16.4 Å². The molecule has 0 saturated carbocycles. The number of pyridine rings is 1. The first kappa shape index (κ1) is 17.0. The molecule has 128 valence electrons. The summed E-state index contributed by atoms with van der Waals surface area (Å²) in [5.74, 6) is 0.126. The van der Waals surface area contributed by atoms with Gasteiger partial charge in [0.15, 0.2) is 0 Å². The van der Waals surface area contributed by atoms with Gasteiger partial charge in [-0.2, -0.15) is 13.2 Å². The van der Waals surface area contributed by atoms with Gasteiger partial charge in [-0.15, -0.1) is 0 Å². The largest absolute Gasteiger partial charge is 0.465 e. The number of anilines is 1. The lowest BCUT2D eigenvalue weighted by molar-refractivity contribution is -0.137. The van der Waals surface area contributed by atoms with Crippen molar-refractivity contribution in [3.05, 3.63) is 59.2 Å². The van der Waals surface area contributed by atoms with Crippen LogP contribution < -0.4 is 5.32 Å². The van der Waals surface area contributed by atoms with Gasteiger partial charge < -0.3 is 5.11 Å². The highest BCUT2D eigenvalue weighted by atomic mass is 35.5. The lowest BCUT2D eigenvalue weighted by Gasteiger charge is -2.15. The average molecular weight is 367 g/mol. The van der Waals surface area contributed by atoms with Crippen molar-refractivity contribution in [3.63, 3.8) is 0 Å². The second kappa shape index (κ2) is 6.25. The summed E-state index contributed by atoms with van der Waals surface area (Å²) >= 11 is 6.01. The molecule has 0 aliphatic heterocycles. The molecular weight excluding hydrogens is 357 g/mol. The Kier molecular flexibility index (Phi) is 4.26. The summed E-state index contributed by atoms with van der Waals surface area (Å²) in [4.78, 5) is 14.6. The second-order valence-electron chi connectivity index (χ2n) is 5.22. The molecule has 2 aromatic carbocycles. The monoisotopic (exact) mass is 366 g/mol. The minimum Gasteiger partial charge on any atom is -0.465 e. The van der Waals surface area contributed by atoms with Gasteiger partial charge in [-0.3, -0.25) is 5.32 Å². The maximum Gasteiger partial charge on any atom is 0.417 e. The van der Waals surface area contributed by atoms with Crippen LogP contribution in [0, 0.1) is 0 Å². The smallest absolute Gasteiger partial charge is 0.417 e. The van der Waals surface area contributed by atoms with Crippen LogP contribution in [0.15, 0.2) is 48.7 Å². The van der Waals surface area contributed by atoms with E-state index >= 15 is 0 Å². The SMILES string of the molecule is O=C(O)Nc1cc2ccc(-c3c(Cl)cccc3C(F)(F)F)cc2cn1. The van der Waals surface area contributed by atoms with Crippen LogP contribution in [0.25, 0.3) is 21.9 Å². The zero-order chi connectivity index (χ0) is 18.2. The Morgan fingerprint density at radius 2 is 1.88 bits per heavy atom. The number of nitrogens with one attached hydrogen (secondary N) is 1. The lowest BCUT2D eigenvalue weighted by Crippen LogP contribution is -2.08. The minimum absolute atomic E-state index is 0.00806. The number of amides is 1. The normalized spacial score (nSPS) is 11.5. The third kappa shape index (κ3) is 3.51. The molecule has 0 radical (unpaired) electrons. The van der Waals surface area contributed by atoms with Crippen molar-refractivity contribution in [2.45, 2.75) is 6.18 Å². The number of hydrogen-bond donors (Lipinski definition) is 2. The number of carbonyl (C=O) groups is 1. The first-order valence-corrected chi connectivity index (χ1v) is 7.39. The molecule has 1 heterocycles. The van der Waals surface area contributed by atoms with Crippen LogP contribution in [0.1, 0.15) is 5.56 Å². The highest BCUT2D eigenvalue weighted by molar-refractivity contribution is 6.33. The van der Waals surface area contributed by atoms with E-state index in [1.54, 1.807) is 6.07 Å². The van der Waals surface area contributed by atoms with E-state index in [1.807, 2.05) is 0 Å². The molecule has 0 aliphatic carbocycles. The number of carboxylic acid groups (broad SMARTS) is 1. The number of benzene rings is 2. The summed E-state index contributed by atoms with van der Waals surface area (Å²) in [6.45, 7) is 0. The first-order valence-electron chi connectivity index (χ1n) is 7.01. The van der Waals surface area contributed by atoms with Crippen molar-refractivity contribution in [1.29, 1.82) is 0 Å². The first-order chi connectivity index (χ1) is 11.8. The topological polar surface area (TPSA) is 62.2 Å². The number of rotatable bonds is 2. The van der Waals surface area contributed by atoms with E-state index in [9.17, 15) is 18.0 Å². The van der Waals surface area contributed by atoms with Gasteiger partial charge in [0.2, 0.25) is 0 Å². The molecule has 3 aromatic rings. The molecule has 0 fully saturated rings. The third-order valence-corrected chi connectivity index (χ3v) is 3.88. The van der Waals surface area contributed by atoms with Gasteiger partial charge in [0, 0.05) is 22.2 Å². The number of halogens is 4. The van der Waals surface area contributed by atoms with Crippen molar-refractivity contribution < 1.29 is 23.1 Å². The Morgan fingerprint density at radius 3 is 2.56 bits per heavy atom. The van der Waals surface area contributed by atoms with Crippen LogP contribution in [0.5, 0.6) is 0 Å². The predicted octanol–water partition coefficient (Wildman–Crippen LogP) is 5.66. The van der Waals surface area contributed by atoms with Crippen molar-refractivity contribution >= 4 is 34.3 Å². The highest BCUT2D eigenvalue weighted by Gasteiger charge is 2.34. The molecule has 1 aromatic heterocycles. The molecule has 0 unspecified atom stereocenters. The standard InChI is InChI=1S/C17H10ClF3N2O2/c18-13-3-1-2-12(17(19,20)21)15(13)10-5-4-9-7-14(23-16(24)25)22-8-11(9)6-10/h1-8H,(H,22,23)(H,24,25). The third-order valence-electron chi connectivity index (χ3n) is 3.56. The van der Waals surface area contributed by atoms with Crippen molar-refractivity contribution in [2.75, 3.05) is 5.32 Å². The molecule has 0 atom stereocenters. The molecule has 0 spiro atoms. The van der Waals surface area contributed by atoms with E-state index in [0.717, 1.165) is 6.07 Å². The van der Waals surface area contributed by atoms with Crippen LogP contribution in [-0.4, -0.2) is 16.2 Å². The summed E-state index contributed by atoms with van der Waals surface area (Å²) < 4.78 is 39.8. The lowest BCUT2D eigenvalue weighted by atomic mass is 9.97. The number of aromatic nitrogens is 1. The molecular formula is C17H10ClF3N2O2. The molecule has 3 rings (SSSR count). The van der Waals surface area contributed by atoms with E-state index in [0.29, 0.717) is 16.3 Å². The molecule has 4 nitrogen and oxygen atoms in total. The number of hydrogen-bond acceptors (Lipinski definition) is 2. The molecule has 1 amide bonds. The Hall–Kier alpha value is -2.80. The molecule has 2 N–H and O–H groups in total. The minimum atomic E-state index is -4.54. The summed E-state index contributed by atoms with van der Waals surface area (Å²) in [7, 11) is 0. The van der Waals surface area contributed by atoms with Gasteiger partial charge in [0.1, 0.15) is 5.82 Å². The Balaban J connectivity index is 2.13. The molecule has 0 bridgehead atoms. The van der Waals surface area contributed by atoms with Crippen molar-refractivity contribution in [1.82, 2.24) is 4.98 Å². The molecule has 0 saturated heterocycles. The van der Waals surface area contributed by atoms with Gasteiger partial charge in [-0.05, 0) is 35.2 Å². The molecule has 8 heteroatoms. The van der Waals surface area contributed by atoms with Crippen LogP contribution in [0.4, 0.5) is 23.8 Å². The van der Waals surface area contributed by atoms with Crippen molar-refractivity contribution in [3.8, 4) is 11.1 Å². The highest BCUT2D eigenvalue weighted by Crippen LogP contribution is 2.41. The van der Waals surface area contributed by atoms with Crippen LogP contribution >= 0.6 is 11.6 Å². The summed E-state index contributed by atoms with van der Waals surface area (Å²) in [5.41, 5.74) is -0.631. The zero-order valence-corrected chi connectivity index (χ0v) is 13.2.